The Hall–Kier alpha value is -2.52. The number of nitrogens with one attached hydrogen (secondary N) is 1. The Labute approximate surface area is 189 Å². The molecule has 1 amide bonds. The highest BCUT2D eigenvalue weighted by molar-refractivity contribution is 7.89. The summed E-state index contributed by atoms with van der Waals surface area (Å²) in [5, 5.41) is 7.32. The normalized spacial score (nSPS) is 20.0. The van der Waals surface area contributed by atoms with Gasteiger partial charge in [-0.05, 0) is 49.3 Å². The van der Waals surface area contributed by atoms with Crippen LogP contribution < -0.4 is 5.32 Å². The first-order valence-corrected chi connectivity index (χ1v) is 12.7. The number of fused-ring (bicyclic) bond motifs is 1. The lowest BCUT2D eigenvalue weighted by atomic mass is 10.0. The maximum Gasteiger partial charge on any atom is 0.249 e. The highest BCUT2D eigenvalue weighted by Gasteiger charge is 2.32. The molecule has 0 saturated carbocycles. The summed E-state index contributed by atoms with van der Waals surface area (Å²) in [6.07, 6.45) is 3.48. The predicted molar refractivity (Wildman–Crippen MR) is 122 cm³/mol. The quantitative estimate of drug-likeness (QED) is 0.738. The first kappa shape index (κ1) is 22.7. The molecular weight excluding hydrogens is 428 g/mol. The average Bonchev–Trinajstić information content (AvgIpc) is 3.03. The summed E-state index contributed by atoms with van der Waals surface area (Å²) in [6, 6.07) is 5.30. The van der Waals surface area contributed by atoms with E-state index in [0.29, 0.717) is 53.6 Å². The van der Waals surface area contributed by atoms with Crippen molar-refractivity contribution in [1.82, 2.24) is 14.1 Å². The van der Waals surface area contributed by atoms with Crippen molar-refractivity contribution in [1.29, 1.82) is 0 Å². The third-order valence-electron chi connectivity index (χ3n) is 6.22. The highest BCUT2D eigenvalue weighted by atomic mass is 32.2. The molecule has 1 atom stereocenters. The van der Waals surface area contributed by atoms with Crippen molar-refractivity contribution in [2.24, 2.45) is 5.92 Å². The van der Waals surface area contributed by atoms with E-state index in [0.717, 1.165) is 19.3 Å². The zero-order valence-electron chi connectivity index (χ0n) is 18.8. The van der Waals surface area contributed by atoms with E-state index >= 15 is 0 Å². The van der Waals surface area contributed by atoms with E-state index in [-0.39, 0.29) is 29.6 Å². The number of hydrogen-bond donors (Lipinski definition) is 1. The molecule has 0 bridgehead atoms. The van der Waals surface area contributed by atoms with E-state index in [1.54, 1.807) is 23.4 Å². The Morgan fingerprint density at radius 1 is 1.22 bits per heavy atom. The molecule has 4 rings (SSSR count). The summed E-state index contributed by atoms with van der Waals surface area (Å²) in [6.45, 7) is 6.91. The van der Waals surface area contributed by atoms with Gasteiger partial charge in [0.2, 0.25) is 21.8 Å². The van der Waals surface area contributed by atoms with Crippen molar-refractivity contribution < 1.29 is 18.0 Å². The van der Waals surface area contributed by atoms with E-state index in [1.165, 1.54) is 4.68 Å². The third kappa shape index (κ3) is 4.11. The van der Waals surface area contributed by atoms with Crippen molar-refractivity contribution in [3.63, 3.8) is 0 Å². The second-order valence-electron chi connectivity index (χ2n) is 8.86. The molecule has 0 spiro atoms. The maximum absolute atomic E-state index is 13.5. The number of carbonyl (C=O) groups is 2. The predicted octanol–water partition coefficient (Wildman–Crippen LogP) is 3.60. The molecule has 1 fully saturated rings. The van der Waals surface area contributed by atoms with Crippen LogP contribution in [0.15, 0.2) is 23.1 Å². The minimum absolute atomic E-state index is 0.0895. The van der Waals surface area contributed by atoms with Crippen LogP contribution in [-0.2, 0) is 21.2 Å². The van der Waals surface area contributed by atoms with Gasteiger partial charge in [0, 0.05) is 31.5 Å². The molecule has 2 aromatic rings. The Kier molecular flexibility index (Phi) is 6.22. The Morgan fingerprint density at radius 3 is 2.72 bits per heavy atom. The standard InChI is InChI=1S/C23H30N4O4S/c1-4-6-18-22(23-24-20(28)10-11-21(29)27(23)25-18)17-9-8-16(3)19(13-17)32(30,31)26-12-5-7-15(2)14-26/h8-9,13,15H,4-7,10-12,14H2,1-3H3,(H,24,28)/t15-/m0/s1. The van der Waals surface area contributed by atoms with Crippen molar-refractivity contribution in [2.75, 3.05) is 18.4 Å². The number of sulfonamides is 1. The average molecular weight is 459 g/mol. The van der Waals surface area contributed by atoms with Crippen molar-refractivity contribution in [3.8, 4) is 11.1 Å². The van der Waals surface area contributed by atoms with E-state index < -0.39 is 10.0 Å². The minimum Gasteiger partial charge on any atom is -0.310 e. The third-order valence-corrected chi connectivity index (χ3v) is 8.23. The van der Waals surface area contributed by atoms with Crippen LogP contribution in [0.4, 0.5) is 5.82 Å². The summed E-state index contributed by atoms with van der Waals surface area (Å²) in [5.74, 6) is 0.165. The molecule has 2 aliphatic rings. The second-order valence-corrected chi connectivity index (χ2v) is 10.8. The topological polar surface area (TPSA) is 101 Å². The Balaban J connectivity index is 1.85. The number of aryl methyl sites for hydroxylation is 2. The summed E-state index contributed by atoms with van der Waals surface area (Å²) in [7, 11) is -3.66. The fourth-order valence-corrected chi connectivity index (χ4v) is 6.38. The first-order chi connectivity index (χ1) is 15.2. The second kappa shape index (κ2) is 8.78. The molecule has 172 valence electrons. The number of carbonyl (C=O) groups excluding carboxylic acids is 2. The molecule has 8 nitrogen and oxygen atoms in total. The zero-order valence-corrected chi connectivity index (χ0v) is 19.7. The number of benzene rings is 1. The van der Waals surface area contributed by atoms with Gasteiger partial charge in [-0.2, -0.15) is 14.1 Å². The fourth-order valence-electron chi connectivity index (χ4n) is 4.53. The summed E-state index contributed by atoms with van der Waals surface area (Å²) in [5.41, 5.74) is 2.61. The minimum atomic E-state index is -3.66. The number of anilines is 1. The lowest BCUT2D eigenvalue weighted by Crippen LogP contribution is -2.39. The summed E-state index contributed by atoms with van der Waals surface area (Å²) >= 11 is 0. The lowest BCUT2D eigenvalue weighted by molar-refractivity contribution is -0.116. The van der Waals surface area contributed by atoms with Crippen LogP contribution in [0.25, 0.3) is 11.1 Å². The largest absolute Gasteiger partial charge is 0.310 e. The molecule has 3 heterocycles. The highest BCUT2D eigenvalue weighted by Crippen LogP contribution is 2.37. The summed E-state index contributed by atoms with van der Waals surface area (Å²) in [4.78, 5) is 25.1. The summed E-state index contributed by atoms with van der Waals surface area (Å²) < 4.78 is 29.9. The Bertz CT molecular complexity index is 1170. The molecule has 0 radical (unpaired) electrons. The van der Waals surface area contributed by atoms with Crippen LogP contribution in [0.5, 0.6) is 0 Å². The van der Waals surface area contributed by atoms with Gasteiger partial charge in [0.05, 0.1) is 10.6 Å². The molecule has 1 aromatic heterocycles. The fraction of sp³-hybridized carbons (Fsp3) is 0.522. The molecule has 1 N–H and O–H groups in total. The Morgan fingerprint density at radius 2 is 2.00 bits per heavy atom. The zero-order chi connectivity index (χ0) is 23.0. The van der Waals surface area contributed by atoms with Gasteiger partial charge in [0.15, 0.2) is 0 Å². The number of aromatic nitrogens is 2. The van der Waals surface area contributed by atoms with Gasteiger partial charge in [-0.3, -0.25) is 9.59 Å². The maximum atomic E-state index is 13.5. The molecule has 32 heavy (non-hydrogen) atoms. The molecule has 1 aromatic carbocycles. The van der Waals surface area contributed by atoms with Crippen molar-refractivity contribution in [2.45, 2.75) is 64.2 Å². The monoisotopic (exact) mass is 458 g/mol. The van der Waals surface area contributed by atoms with Gasteiger partial charge in [0.1, 0.15) is 5.82 Å². The van der Waals surface area contributed by atoms with Crippen LogP contribution in [0.2, 0.25) is 0 Å². The number of rotatable bonds is 5. The SMILES string of the molecule is CCCc1nn2c(c1-c1ccc(C)c(S(=O)(=O)N3CCC[C@H](C)C3)c1)NC(=O)CCC2=O. The van der Waals surface area contributed by atoms with Gasteiger partial charge in [-0.15, -0.1) is 0 Å². The molecular formula is C23H30N4O4S. The molecule has 0 unspecified atom stereocenters. The van der Waals surface area contributed by atoms with Crippen LogP contribution >= 0.6 is 0 Å². The number of piperidine rings is 1. The van der Waals surface area contributed by atoms with Gasteiger partial charge in [0.25, 0.3) is 0 Å². The smallest absolute Gasteiger partial charge is 0.249 e. The number of hydrogen-bond acceptors (Lipinski definition) is 5. The number of amides is 1. The molecule has 9 heteroatoms. The van der Waals surface area contributed by atoms with Gasteiger partial charge in [-0.25, -0.2) is 8.42 Å². The van der Waals surface area contributed by atoms with Crippen LogP contribution in [0.3, 0.4) is 0 Å². The van der Waals surface area contributed by atoms with Crippen LogP contribution in [-0.4, -0.2) is 47.4 Å². The van der Waals surface area contributed by atoms with E-state index in [1.807, 2.05) is 13.0 Å². The molecule has 1 saturated heterocycles. The van der Waals surface area contributed by atoms with Gasteiger partial charge in [-0.1, -0.05) is 32.4 Å². The van der Waals surface area contributed by atoms with Gasteiger partial charge < -0.3 is 5.32 Å². The molecule has 0 aliphatic carbocycles. The van der Waals surface area contributed by atoms with Crippen LogP contribution in [0, 0.1) is 12.8 Å². The van der Waals surface area contributed by atoms with Crippen molar-refractivity contribution >= 4 is 27.7 Å². The number of nitrogens with zero attached hydrogens (tertiary/aromatic N) is 3. The van der Waals surface area contributed by atoms with E-state index in [9.17, 15) is 18.0 Å². The van der Waals surface area contributed by atoms with Gasteiger partial charge >= 0.3 is 0 Å². The molecule has 2 aliphatic heterocycles. The van der Waals surface area contributed by atoms with E-state index in [4.69, 9.17) is 0 Å². The van der Waals surface area contributed by atoms with Crippen molar-refractivity contribution in [3.05, 3.63) is 29.5 Å². The van der Waals surface area contributed by atoms with Crippen LogP contribution in [0.1, 0.15) is 62.0 Å². The lowest BCUT2D eigenvalue weighted by Gasteiger charge is -2.30. The van der Waals surface area contributed by atoms with E-state index in [2.05, 4.69) is 17.3 Å². The first-order valence-electron chi connectivity index (χ1n) is 11.3.